The number of hydrogen-bond acceptors (Lipinski definition) is 2. The number of nitrogens with zero attached hydrogens (tertiary/aromatic N) is 1. The Morgan fingerprint density at radius 1 is 1.25 bits per heavy atom. The van der Waals surface area contributed by atoms with E-state index in [-0.39, 0.29) is 0 Å². The molecule has 2 nitrogen and oxygen atoms in total. The minimum absolute atomic E-state index is 0.473. The lowest BCUT2D eigenvalue weighted by Crippen LogP contribution is -2.07. The first-order chi connectivity index (χ1) is 5.79. The molecule has 1 aromatic rings. The molecule has 2 rings (SSSR count). The Hall–Kier alpha value is -1.70. The van der Waals surface area contributed by atoms with Crippen LogP contribution in [-0.4, -0.2) is 11.9 Å². The largest absolute Gasteiger partial charge is 0.300 e. The van der Waals surface area contributed by atoms with Crippen LogP contribution >= 0.6 is 0 Å². The van der Waals surface area contributed by atoms with E-state index in [0.29, 0.717) is 11.3 Å². The number of rotatable bonds is 0. The quantitative estimate of drug-likeness (QED) is 0.598. The highest BCUT2D eigenvalue weighted by molar-refractivity contribution is 6.26. The van der Waals surface area contributed by atoms with E-state index < -0.39 is 0 Å². The van der Waals surface area contributed by atoms with Gasteiger partial charge in [0.25, 0.3) is 0 Å². The van der Waals surface area contributed by atoms with Crippen molar-refractivity contribution >= 4 is 17.6 Å². The lowest BCUT2D eigenvalue weighted by molar-refractivity contribution is 1.42. The SMILES string of the molecule is C=C1C=Nc2ccccc2C1=N. The minimum Gasteiger partial charge on any atom is -0.300 e. The Bertz CT molecular complexity index is 389. The molecular formula is C10H8N2. The van der Waals surface area contributed by atoms with Gasteiger partial charge in [-0.25, -0.2) is 0 Å². The van der Waals surface area contributed by atoms with Crippen LogP contribution < -0.4 is 0 Å². The third kappa shape index (κ3) is 0.889. The van der Waals surface area contributed by atoms with Crippen LogP contribution in [0.3, 0.4) is 0 Å². The molecule has 1 aliphatic rings. The van der Waals surface area contributed by atoms with Gasteiger partial charge >= 0.3 is 0 Å². The lowest BCUT2D eigenvalue weighted by atomic mass is 10.0. The van der Waals surface area contributed by atoms with Crippen LogP contribution in [0.1, 0.15) is 5.56 Å². The summed E-state index contributed by atoms with van der Waals surface area (Å²) in [6.45, 7) is 3.72. The van der Waals surface area contributed by atoms with Crippen molar-refractivity contribution in [2.24, 2.45) is 4.99 Å². The van der Waals surface area contributed by atoms with Crippen molar-refractivity contribution in [2.45, 2.75) is 0 Å². The summed E-state index contributed by atoms with van der Waals surface area (Å²) in [5.41, 5.74) is 2.87. The van der Waals surface area contributed by atoms with Gasteiger partial charge in [-0.05, 0) is 6.07 Å². The maximum absolute atomic E-state index is 7.69. The van der Waals surface area contributed by atoms with Crippen molar-refractivity contribution < 1.29 is 0 Å². The number of hydrogen-bond donors (Lipinski definition) is 1. The zero-order chi connectivity index (χ0) is 8.55. The van der Waals surface area contributed by atoms with E-state index in [9.17, 15) is 0 Å². The van der Waals surface area contributed by atoms with Gasteiger partial charge in [0.15, 0.2) is 0 Å². The van der Waals surface area contributed by atoms with E-state index in [1.807, 2.05) is 24.3 Å². The molecule has 1 aliphatic heterocycles. The van der Waals surface area contributed by atoms with E-state index in [2.05, 4.69) is 11.6 Å². The average Bonchev–Trinajstić information content (AvgIpc) is 2.12. The molecule has 0 aromatic heterocycles. The van der Waals surface area contributed by atoms with Crippen molar-refractivity contribution in [1.82, 2.24) is 0 Å². The van der Waals surface area contributed by atoms with Crippen molar-refractivity contribution in [1.29, 1.82) is 5.41 Å². The van der Waals surface area contributed by atoms with E-state index in [1.165, 1.54) is 0 Å². The number of aliphatic imine (C=N–C) groups is 1. The van der Waals surface area contributed by atoms with Crippen molar-refractivity contribution in [3.8, 4) is 0 Å². The highest BCUT2D eigenvalue weighted by Crippen LogP contribution is 2.24. The van der Waals surface area contributed by atoms with E-state index >= 15 is 0 Å². The zero-order valence-corrected chi connectivity index (χ0v) is 6.54. The van der Waals surface area contributed by atoms with Gasteiger partial charge in [0, 0.05) is 17.4 Å². The Morgan fingerprint density at radius 3 is 2.83 bits per heavy atom. The normalized spacial score (nSPS) is 14.7. The molecule has 58 valence electrons. The topological polar surface area (TPSA) is 36.2 Å². The fourth-order valence-corrected chi connectivity index (χ4v) is 1.18. The first-order valence-electron chi connectivity index (χ1n) is 3.70. The van der Waals surface area contributed by atoms with Gasteiger partial charge < -0.3 is 0 Å². The van der Waals surface area contributed by atoms with Crippen LogP contribution in [0.2, 0.25) is 0 Å². The average molecular weight is 156 g/mol. The molecule has 0 saturated carbocycles. The van der Waals surface area contributed by atoms with Crippen LogP contribution in [0.15, 0.2) is 41.4 Å². The van der Waals surface area contributed by atoms with Gasteiger partial charge in [0.05, 0.1) is 11.4 Å². The monoisotopic (exact) mass is 156 g/mol. The van der Waals surface area contributed by atoms with Gasteiger partial charge in [-0.2, -0.15) is 0 Å². The lowest BCUT2D eigenvalue weighted by Gasteiger charge is -2.11. The number of fused-ring (bicyclic) bond motifs is 1. The molecule has 0 unspecified atom stereocenters. The molecule has 1 N–H and O–H groups in total. The number of nitrogens with one attached hydrogen (secondary N) is 1. The van der Waals surface area contributed by atoms with E-state index in [0.717, 1.165) is 11.3 Å². The fraction of sp³-hybridized carbons (Fsp3) is 0. The summed E-state index contributed by atoms with van der Waals surface area (Å²) in [7, 11) is 0. The van der Waals surface area contributed by atoms with E-state index in [1.54, 1.807) is 6.21 Å². The Kier molecular flexibility index (Phi) is 1.40. The molecule has 1 aromatic carbocycles. The Labute approximate surface area is 70.8 Å². The van der Waals surface area contributed by atoms with E-state index in [4.69, 9.17) is 5.41 Å². The van der Waals surface area contributed by atoms with Gasteiger partial charge in [0.2, 0.25) is 0 Å². The molecule has 0 spiro atoms. The first-order valence-corrected chi connectivity index (χ1v) is 3.70. The summed E-state index contributed by atoms with van der Waals surface area (Å²) < 4.78 is 0. The van der Waals surface area contributed by atoms with Gasteiger partial charge in [0.1, 0.15) is 0 Å². The first kappa shape index (κ1) is 6.98. The minimum atomic E-state index is 0.473. The summed E-state index contributed by atoms with van der Waals surface area (Å²) >= 11 is 0. The highest BCUT2D eigenvalue weighted by atomic mass is 14.7. The Morgan fingerprint density at radius 2 is 2.00 bits per heavy atom. The summed E-state index contributed by atoms with van der Waals surface area (Å²) in [6, 6.07) is 7.60. The molecule has 0 aliphatic carbocycles. The van der Waals surface area contributed by atoms with Gasteiger partial charge in [-0.1, -0.05) is 24.8 Å². The molecule has 2 heteroatoms. The van der Waals surface area contributed by atoms with Crippen LogP contribution in [0.4, 0.5) is 5.69 Å². The second-order valence-electron chi connectivity index (χ2n) is 2.68. The Balaban J connectivity index is 2.67. The molecule has 0 fully saturated rings. The van der Waals surface area contributed by atoms with Gasteiger partial charge in [-0.3, -0.25) is 10.4 Å². The molecule has 0 radical (unpaired) electrons. The molecule has 0 amide bonds. The molecule has 1 heterocycles. The zero-order valence-electron chi connectivity index (χ0n) is 6.54. The standard InChI is InChI=1S/C10H8N2/c1-7-6-12-9-5-3-2-4-8(9)10(7)11/h2-6,11H,1H2. The smallest absolute Gasteiger partial charge is 0.0723 e. The molecule has 0 atom stereocenters. The summed E-state index contributed by atoms with van der Waals surface area (Å²) in [5.74, 6) is 0. The molecular weight excluding hydrogens is 148 g/mol. The summed E-state index contributed by atoms with van der Waals surface area (Å²) in [6.07, 6.45) is 1.63. The molecule has 12 heavy (non-hydrogen) atoms. The fourth-order valence-electron chi connectivity index (χ4n) is 1.18. The summed E-state index contributed by atoms with van der Waals surface area (Å²) in [5, 5.41) is 7.69. The predicted octanol–water partition coefficient (Wildman–Crippen LogP) is 2.33. The van der Waals surface area contributed by atoms with Gasteiger partial charge in [-0.15, -0.1) is 0 Å². The maximum atomic E-state index is 7.69. The third-order valence-corrected chi connectivity index (χ3v) is 1.85. The third-order valence-electron chi connectivity index (χ3n) is 1.85. The summed E-state index contributed by atoms with van der Waals surface area (Å²) in [4.78, 5) is 4.16. The van der Waals surface area contributed by atoms with Crippen LogP contribution in [0.25, 0.3) is 0 Å². The predicted molar refractivity (Wildman–Crippen MR) is 50.6 cm³/mol. The maximum Gasteiger partial charge on any atom is 0.0723 e. The number of para-hydroxylation sites is 1. The van der Waals surface area contributed by atoms with Crippen molar-refractivity contribution in [3.05, 3.63) is 42.0 Å². The molecule has 0 bridgehead atoms. The second kappa shape index (κ2) is 2.41. The van der Waals surface area contributed by atoms with Crippen LogP contribution in [0.5, 0.6) is 0 Å². The highest BCUT2D eigenvalue weighted by Gasteiger charge is 2.12. The number of allylic oxidation sites excluding steroid dienone is 1. The van der Waals surface area contributed by atoms with Crippen LogP contribution in [-0.2, 0) is 0 Å². The van der Waals surface area contributed by atoms with Crippen molar-refractivity contribution in [2.75, 3.05) is 0 Å². The van der Waals surface area contributed by atoms with Crippen molar-refractivity contribution in [3.63, 3.8) is 0 Å². The number of benzene rings is 1. The molecule has 0 saturated heterocycles. The second-order valence-corrected chi connectivity index (χ2v) is 2.68. The van der Waals surface area contributed by atoms with Crippen LogP contribution in [0, 0.1) is 5.41 Å².